The number of hydrogen-bond acceptors (Lipinski definition) is 8. The van der Waals surface area contributed by atoms with Crippen LogP contribution in [0.5, 0.6) is 0 Å². The van der Waals surface area contributed by atoms with E-state index in [1.807, 2.05) is 0 Å². The number of ether oxygens (including phenoxy) is 1. The lowest BCUT2D eigenvalue weighted by atomic mass is 10.4. The Balaban J connectivity index is -0.000000256. The van der Waals surface area contributed by atoms with Gasteiger partial charge in [0.15, 0.2) is 0 Å². The van der Waals surface area contributed by atoms with E-state index in [0.717, 1.165) is 0 Å². The quantitative estimate of drug-likeness (QED) is 0.336. The Morgan fingerprint density at radius 1 is 1.26 bits per heavy atom. The lowest BCUT2D eigenvalue weighted by Gasteiger charge is -1.99. The summed E-state index contributed by atoms with van der Waals surface area (Å²) in [6.45, 7) is 5.62. The molecule has 0 saturated heterocycles. The van der Waals surface area contributed by atoms with E-state index in [0.29, 0.717) is 12.1 Å². The van der Waals surface area contributed by atoms with Crippen LogP contribution in [-0.4, -0.2) is 36.0 Å². The first-order valence-corrected chi connectivity index (χ1v) is 6.86. The lowest BCUT2D eigenvalue weighted by molar-refractivity contribution is -0.138. The molecule has 13 heteroatoms. The van der Waals surface area contributed by atoms with E-state index in [1.165, 1.54) is 0 Å². The molecule has 0 aliphatic rings. The van der Waals surface area contributed by atoms with Crippen LogP contribution in [0.2, 0.25) is 0 Å². The van der Waals surface area contributed by atoms with Crippen molar-refractivity contribution < 1.29 is 34.1 Å². The second kappa shape index (κ2) is 9.74. The highest BCUT2D eigenvalue weighted by atomic mass is 32.3. The van der Waals surface area contributed by atoms with Crippen molar-refractivity contribution in [2.45, 2.75) is 6.92 Å². The monoisotopic (exact) mass is 327 g/mol. The number of carbonyl (C=O) groups is 1. The number of halogens is 2. The second-order valence-electron chi connectivity index (χ2n) is 2.66. The van der Waals surface area contributed by atoms with Crippen molar-refractivity contribution in [2.24, 2.45) is 5.73 Å². The van der Waals surface area contributed by atoms with E-state index >= 15 is 0 Å². The van der Waals surface area contributed by atoms with E-state index < -0.39 is 20.8 Å². The topological polar surface area (TPSA) is 168 Å². The van der Waals surface area contributed by atoms with Crippen molar-refractivity contribution in [1.82, 2.24) is 10.3 Å². The molecule has 0 fully saturated rings. The zero-order valence-electron chi connectivity index (χ0n) is 9.93. The predicted molar refractivity (Wildman–Crippen MR) is 63.0 cm³/mol. The molecule has 0 aliphatic heterocycles. The molecule has 0 heterocycles. The normalized spacial score (nSPS) is 10.5. The molecule has 0 aliphatic carbocycles. The Hall–Kier alpha value is -1.15. The van der Waals surface area contributed by atoms with Gasteiger partial charge in [-0.05, 0) is 6.92 Å². The predicted octanol–water partition coefficient (Wildman–Crippen LogP) is -0.769. The Morgan fingerprint density at radius 2 is 1.63 bits per heavy atom. The lowest BCUT2D eigenvalue weighted by Crippen LogP contribution is -2.23. The summed E-state index contributed by atoms with van der Waals surface area (Å²) < 4.78 is 63.9. The minimum atomic E-state index is -5.49. The van der Waals surface area contributed by atoms with Gasteiger partial charge >= 0.3 is 26.8 Å². The number of nitrogens with one attached hydrogen (secondary N) is 1. The van der Waals surface area contributed by atoms with Crippen LogP contribution in [-0.2, 0) is 30.3 Å². The summed E-state index contributed by atoms with van der Waals surface area (Å²) in [5, 5.41) is 0. The summed E-state index contributed by atoms with van der Waals surface area (Å²) in [6.07, 6.45) is 0. The molecule has 6 N–H and O–H groups in total. The van der Waals surface area contributed by atoms with Crippen LogP contribution in [0.1, 0.15) is 6.92 Å². The first-order chi connectivity index (χ1) is 7.89. The van der Waals surface area contributed by atoms with E-state index in [-0.39, 0.29) is 22.9 Å². The summed E-state index contributed by atoms with van der Waals surface area (Å²) in [4.78, 5) is 10.5. The number of carbonyl (C=O) groups excluding carboxylic acids is 1. The zero-order chi connectivity index (χ0) is 15.0. The molecule has 0 saturated carbocycles. The maximum absolute atomic E-state index is 11.1. The molecule has 0 aromatic carbocycles. The van der Waals surface area contributed by atoms with E-state index in [4.69, 9.17) is 5.73 Å². The molecule has 0 spiro atoms. The van der Waals surface area contributed by atoms with Crippen LogP contribution in [0, 0.1) is 0 Å². The van der Waals surface area contributed by atoms with Gasteiger partial charge in [0, 0.05) is 12.1 Å². The molecule has 0 amide bonds. The van der Waals surface area contributed by atoms with Crippen molar-refractivity contribution in [3.8, 4) is 0 Å². The van der Waals surface area contributed by atoms with Crippen molar-refractivity contribution in [3.63, 3.8) is 0 Å². The summed E-state index contributed by atoms with van der Waals surface area (Å²) >= 11 is 0. The van der Waals surface area contributed by atoms with Crippen LogP contribution in [0.3, 0.4) is 0 Å². The molecule has 9 nitrogen and oxygen atoms in total. The van der Waals surface area contributed by atoms with Crippen LogP contribution in [0.15, 0.2) is 12.2 Å². The van der Waals surface area contributed by atoms with Gasteiger partial charge in [0.25, 0.3) is 0 Å². The molecule has 0 aromatic rings. The second-order valence-corrected chi connectivity index (χ2v) is 5.08. The molecule has 0 atom stereocenters. The average Bonchev–Trinajstić information content (AvgIpc) is 2.08. The van der Waals surface area contributed by atoms with E-state index in [9.17, 15) is 29.4 Å². The SMILES string of the molecule is C=C(C)C(=O)OCCN.N.O=S(=O)(F)NS(=O)(=O)F. The molecule has 0 bridgehead atoms. The van der Waals surface area contributed by atoms with Crippen molar-refractivity contribution >= 4 is 26.8 Å². The fraction of sp³-hybridized carbons (Fsp3) is 0.500. The fourth-order valence-corrected chi connectivity index (χ4v) is 1.34. The number of esters is 1. The van der Waals surface area contributed by atoms with Crippen LogP contribution in [0.25, 0.3) is 0 Å². The number of rotatable bonds is 5. The fourth-order valence-electron chi connectivity index (χ4n) is 0.394. The highest BCUT2D eigenvalue weighted by molar-refractivity contribution is 7.99. The molecular weight excluding hydrogens is 312 g/mol. The Labute approximate surface area is 110 Å². The molecular formula is C6H15F2N3O6S2. The largest absolute Gasteiger partial charge is 0.461 e. The third kappa shape index (κ3) is 22.5. The first-order valence-electron chi connectivity index (χ1n) is 4.09. The molecule has 0 aromatic heterocycles. The Kier molecular flexibility index (Phi) is 11.8. The standard InChI is InChI=1S/C6H11NO2.F2HNO4S2.H3N/c1-5(2)6(8)9-4-3-7;1-8(4,5)3-9(2,6)7;/h1,3-4,7H2,2H3;3H;1H3. The highest BCUT2D eigenvalue weighted by Crippen LogP contribution is 1.90. The van der Waals surface area contributed by atoms with Crippen LogP contribution < -0.4 is 16.0 Å². The van der Waals surface area contributed by atoms with Crippen molar-refractivity contribution in [2.75, 3.05) is 13.2 Å². The van der Waals surface area contributed by atoms with E-state index in [2.05, 4.69) is 11.3 Å². The van der Waals surface area contributed by atoms with Crippen molar-refractivity contribution in [3.05, 3.63) is 12.2 Å². The maximum atomic E-state index is 11.1. The van der Waals surface area contributed by atoms with Gasteiger partial charge in [-0.25, -0.2) is 4.79 Å². The van der Waals surface area contributed by atoms with Crippen LogP contribution in [0.4, 0.5) is 7.77 Å². The molecule has 0 unspecified atom stereocenters. The van der Waals surface area contributed by atoms with E-state index in [1.54, 1.807) is 6.92 Å². The molecule has 19 heavy (non-hydrogen) atoms. The van der Waals surface area contributed by atoms with Gasteiger partial charge in [-0.15, -0.1) is 0 Å². The summed E-state index contributed by atoms with van der Waals surface area (Å²) in [5.74, 6) is -0.375. The third-order valence-corrected chi connectivity index (χ3v) is 2.49. The van der Waals surface area contributed by atoms with Gasteiger partial charge in [0.1, 0.15) is 6.61 Å². The Bertz CT molecular complexity index is 459. The van der Waals surface area contributed by atoms with Gasteiger partial charge in [0.05, 0.1) is 0 Å². The van der Waals surface area contributed by atoms with Gasteiger partial charge in [-0.1, -0.05) is 18.5 Å². The van der Waals surface area contributed by atoms with Gasteiger partial charge in [-0.2, -0.15) is 16.8 Å². The Morgan fingerprint density at radius 3 is 1.79 bits per heavy atom. The summed E-state index contributed by atoms with van der Waals surface area (Å²) in [5.41, 5.74) is 5.48. The highest BCUT2D eigenvalue weighted by Gasteiger charge is 2.17. The summed E-state index contributed by atoms with van der Waals surface area (Å²) in [6, 6.07) is 0. The van der Waals surface area contributed by atoms with Crippen LogP contribution >= 0.6 is 0 Å². The smallest absolute Gasteiger partial charge is 0.387 e. The minimum Gasteiger partial charge on any atom is -0.461 e. The average molecular weight is 327 g/mol. The third-order valence-electron chi connectivity index (χ3n) is 0.899. The molecule has 0 rings (SSSR count). The molecule has 116 valence electrons. The number of nitrogens with two attached hydrogens (primary N) is 1. The zero-order valence-corrected chi connectivity index (χ0v) is 11.6. The minimum absolute atomic E-state index is 0. The first kappa shape index (κ1) is 23.0. The molecule has 0 radical (unpaired) electrons. The van der Waals surface area contributed by atoms with Gasteiger partial charge < -0.3 is 16.6 Å². The van der Waals surface area contributed by atoms with Gasteiger partial charge in [-0.3, -0.25) is 0 Å². The van der Waals surface area contributed by atoms with Crippen molar-refractivity contribution in [1.29, 1.82) is 0 Å². The summed E-state index contributed by atoms with van der Waals surface area (Å²) in [7, 11) is -11.0. The number of hydrogen-bond donors (Lipinski definition) is 3. The maximum Gasteiger partial charge on any atom is 0.387 e. The van der Waals surface area contributed by atoms with Gasteiger partial charge in [0.2, 0.25) is 0 Å².